The summed E-state index contributed by atoms with van der Waals surface area (Å²) in [7, 11) is 1.69. The van der Waals surface area contributed by atoms with Gasteiger partial charge < -0.3 is 9.47 Å². The zero-order valence-electron chi connectivity index (χ0n) is 14.4. The van der Waals surface area contributed by atoms with Gasteiger partial charge in [0.15, 0.2) is 11.5 Å². The molecular formula is C21H22N2O2. The molecule has 4 nitrogen and oxygen atoms in total. The van der Waals surface area contributed by atoms with Crippen LogP contribution in [0.3, 0.4) is 0 Å². The van der Waals surface area contributed by atoms with Gasteiger partial charge in [0.2, 0.25) is 0 Å². The summed E-state index contributed by atoms with van der Waals surface area (Å²) in [6, 6.07) is 16.1. The Morgan fingerprint density at radius 3 is 2.72 bits per heavy atom. The quantitative estimate of drug-likeness (QED) is 0.681. The number of rotatable bonds is 5. The van der Waals surface area contributed by atoms with E-state index < -0.39 is 0 Å². The lowest BCUT2D eigenvalue weighted by molar-refractivity contribution is 0.329. The summed E-state index contributed by atoms with van der Waals surface area (Å²) in [4.78, 5) is 6.82. The number of hydrogen-bond donors (Lipinski definition) is 0. The van der Waals surface area contributed by atoms with Gasteiger partial charge in [0.05, 0.1) is 12.6 Å². The van der Waals surface area contributed by atoms with Crippen LogP contribution in [0.25, 0.3) is 10.9 Å². The predicted molar refractivity (Wildman–Crippen MR) is 99.3 cm³/mol. The molecule has 2 aromatic carbocycles. The average Bonchev–Trinajstić information content (AvgIpc) is 3.16. The summed E-state index contributed by atoms with van der Waals surface area (Å²) >= 11 is 0. The van der Waals surface area contributed by atoms with E-state index in [1.807, 2.05) is 36.4 Å². The smallest absolute Gasteiger partial charge is 0.169 e. The molecule has 4 rings (SSSR count). The topological polar surface area (TPSA) is 34.6 Å². The number of pyridine rings is 1. The molecule has 1 saturated heterocycles. The van der Waals surface area contributed by atoms with Crippen molar-refractivity contribution in [1.29, 1.82) is 0 Å². The van der Waals surface area contributed by atoms with Crippen molar-refractivity contribution in [2.24, 2.45) is 0 Å². The zero-order valence-corrected chi connectivity index (χ0v) is 14.4. The summed E-state index contributed by atoms with van der Waals surface area (Å²) < 4.78 is 11.6. The number of likely N-dealkylation sites (tertiary alicyclic amines) is 1. The standard InChI is InChI=1S/C21H22N2O2/c1-24-21-13-16(15-23-11-2-3-12-23)6-9-20(21)25-18-7-8-19-17(14-18)5-4-10-22-19/h4-10,13-14H,2-3,11-12,15H2,1H3. The van der Waals surface area contributed by atoms with Crippen molar-refractivity contribution < 1.29 is 9.47 Å². The first-order chi connectivity index (χ1) is 12.3. The van der Waals surface area contributed by atoms with E-state index in [-0.39, 0.29) is 0 Å². The van der Waals surface area contributed by atoms with Crippen LogP contribution in [0.5, 0.6) is 17.2 Å². The minimum atomic E-state index is 0.732. The highest BCUT2D eigenvalue weighted by atomic mass is 16.5. The highest BCUT2D eigenvalue weighted by molar-refractivity contribution is 5.79. The number of aromatic nitrogens is 1. The molecular weight excluding hydrogens is 312 g/mol. The van der Waals surface area contributed by atoms with Crippen molar-refractivity contribution in [1.82, 2.24) is 9.88 Å². The van der Waals surface area contributed by atoms with Crippen LogP contribution in [0.15, 0.2) is 54.7 Å². The number of ether oxygens (including phenoxy) is 2. The molecule has 1 fully saturated rings. The monoisotopic (exact) mass is 334 g/mol. The van der Waals surface area contributed by atoms with Crippen LogP contribution in [-0.4, -0.2) is 30.1 Å². The maximum atomic E-state index is 6.07. The van der Waals surface area contributed by atoms with Gasteiger partial charge in [0, 0.05) is 18.1 Å². The molecule has 1 aromatic heterocycles. The molecule has 0 bridgehead atoms. The Bertz CT molecular complexity index is 873. The van der Waals surface area contributed by atoms with Crippen molar-refractivity contribution in [3.05, 3.63) is 60.3 Å². The Balaban J connectivity index is 1.55. The van der Waals surface area contributed by atoms with E-state index in [4.69, 9.17) is 9.47 Å². The van der Waals surface area contributed by atoms with Crippen molar-refractivity contribution in [3.8, 4) is 17.2 Å². The molecule has 25 heavy (non-hydrogen) atoms. The van der Waals surface area contributed by atoms with E-state index in [0.29, 0.717) is 0 Å². The van der Waals surface area contributed by atoms with Crippen LogP contribution < -0.4 is 9.47 Å². The highest BCUT2D eigenvalue weighted by Gasteiger charge is 2.14. The molecule has 3 aromatic rings. The Labute approximate surface area is 148 Å². The Hall–Kier alpha value is -2.59. The van der Waals surface area contributed by atoms with Gasteiger partial charge >= 0.3 is 0 Å². The van der Waals surface area contributed by atoms with Gasteiger partial charge in [-0.25, -0.2) is 0 Å². The first-order valence-electron chi connectivity index (χ1n) is 8.74. The lowest BCUT2D eigenvalue weighted by Gasteiger charge is -2.16. The molecule has 0 amide bonds. The first kappa shape index (κ1) is 15.9. The third-order valence-electron chi connectivity index (χ3n) is 4.64. The second-order valence-corrected chi connectivity index (χ2v) is 6.43. The van der Waals surface area contributed by atoms with Gasteiger partial charge in [-0.3, -0.25) is 9.88 Å². The van der Waals surface area contributed by atoms with Crippen LogP contribution in [-0.2, 0) is 6.54 Å². The third-order valence-corrected chi connectivity index (χ3v) is 4.64. The van der Waals surface area contributed by atoms with Crippen LogP contribution in [0.1, 0.15) is 18.4 Å². The Morgan fingerprint density at radius 2 is 1.88 bits per heavy atom. The SMILES string of the molecule is COc1cc(CN2CCCC2)ccc1Oc1ccc2ncccc2c1. The van der Waals surface area contributed by atoms with E-state index in [9.17, 15) is 0 Å². The molecule has 0 spiro atoms. The summed E-state index contributed by atoms with van der Waals surface area (Å²) in [6.45, 7) is 3.34. The minimum Gasteiger partial charge on any atom is -0.493 e. The molecule has 0 atom stereocenters. The summed E-state index contributed by atoms with van der Waals surface area (Å²) in [6.07, 6.45) is 4.40. The second-order valence-electron chi connectivity index (χ2n) is 6.43. The summed E-state index contributed by atoms with van der Waals surface area (Å²) in [5, 5.41) is 1.06. The molecule has 128 valence electrons. The highest BCUT2D eigenvalue weighted by Crippen LogP contribution is 2.33. The molecule has 0 saturated carbocycles. The maximum Gasteiger partial charge on any atom is 0.169 e. The number of benzene rings is 2. The lowest BCUT2D eigenvalue weighted by atomic mass is 10.2. The summed E-state index contributed by atoms with van der Waals surface area (Å²) in [5.41, 5.74) is 2.22. The van der Waals surface area contributed by atoms with E-state index in [1.54, 1.807) is 13.3 Å². The predicted octanol–water partition coefficient (Wildman–Crippen LogP) is 4.63. The molecule has 1 aliphatic heterocycles. The van der Waals surface area contributed by atoms with E-state index in [0.717, 1.165) is 34.7 Å². The van der Waals surface area contributed by atoms with Gasteiger partial charge in [-0.05, 0) is 67.9 Å². The van der Waals surface area contributed by atoms with Crippen LogP contribution in [0.2, 0.25) is 0 Å². The number of nitrogens with zero attached hydrogens (tertiary/aromatic N) is 2. The van der Waals surface area contributed by atoms with Gasteiger partial charge in [-0.1, -0.05) is 12.1 Å². The van der Waals surface area contributed by atoms with Gasteiger partial charge in [0.25, 0.3) is 0 Å². The van der Waals surface area contributed by atoms with Crippen LogP contribution in [0.4, 0.5) is 0 Å². The van der Waals surface area contributed by atoms with Crippen molar-refractivity contribution >= 4 is 10.9 Å². The van der Waals surface area contributed by atoms with Gasteiger partial charge in [-0.15, -0.1) is 0 Å². The third kappa shape index (κ3) is 3.59. The molecule has 4 heteroatoms. The molecule has 0 N–H and O–H groups in total. The molecule has 2 heterocycles. The fourth-order valence-corrected chi connectivity index (χ4v) is 3.34. The zero-order chi connectivity index (χ0) is 17.1. The van der Waals surface area contributed by atoms with Crippen molar-refractivity contribution in [2.45, 2.75) is 19.4 Å². The average molecular weight is 334 g/mol. The van der Waals surface area contributed by atoms with E-state index in [1.165, 1.54) is 31.5 Å². The molecule has 0 aliphatic carbocycles. The van der Waals surface area contributed by atoms with E-state index >= 15 is 0 Å². The van der Waals surface area contributed by atoms with Crippen LogP contribution in [0, 0.1) is 0 Å². The number of hydrogen-bond acceptors (Lipinski definition) is 4. The lowest BCUT2D eigenvalue weighted by Crippen LogP contribution is -2.18. The first-order valence-corrected chi connectivity index (χ1v) is 8.74. The van der Waals surface area contributed by atoms with Crippen molar-refractivity contribution in [3.63, 3.8) is 0 Å². The van der Waals surface area contributed by atoms with Gasteiger partial charge in [0.1, 0.15) is 5.75 Å². The largest absolute Gasteiger partial charge is 0.493 e. The van der Waals surface area contributed by atoms with Crippen molar-refractivity contribution in [2.75, 3.05) is 20.2 Å². The van der Waals surface area contributed by atoms with E-state index in [2.05, 4.69) is 22.0 Å². The second kappa shape index (κ2) is 7.11. The minimum absolute atomic E-state index is 0.732. The molecule has 0 unspecified atom stereocenters. The number of fused-ring (bicyclic) bond motifs is 1. The molecule has 1 aliphatic rings. The Kier molecular flexibility index (Phi) is 4.53. The fourth-order valence-electron chi connectivity index (χ4n) is 3.34. The van der Waals surface area contributed by atoms with Gasteiger partial charge in [-0.2, -0.15) is 0 Å². The Morgan fingerprint density at radius 1 is 1.00 bits per heavy atom. The normalized spacial score (nSPS) is 14.8. The fraction of sp³-hybridized carbons (Fsp3) is 0.286. The summed E-state index contributed by atoms with van der Waals surface area (Å²) in [5.74, 6) is 2.28. The maximum absolute atomic E-state index is 6.07. The van der Waals surface area contributed by atoms with Crippen LogP contribution >= 0.6 is 0 Å². The number of methoxy groups -OCH3 is 1. The molecule has 0 radical (unpaired) electrons.